The van der Waals surface area contributed by atoms with Crippen LogP contribution >= 0.6 is 0 Å². The average molecular weight is 290 g/mol. The van der Waals surface area contributed by atoms with Gasteiger partial charge in [-0.1, -0.05) is 25.0 Å². The summed E-state index contributed by atoms with van der Waals surface area (Å²) in [6, 6.07) is 4.12. The summed E-state index contributed by atoms with van der Waals surface area (Å²) in [5, 5.41) is 19.5. The number of rotatable bonds is 6. The number of carbonyl (C=O) groups excluding carboxylic acids is 1. The zero-order chi connectivity index (χ0) is 15.4. The summed E-state index contributed by atoms with van der Waals surface area (Å²) in [6.07, 6.45) is 2.05. The number of carboxylic acid groups (broad SMARTS) is 1. The van der Waals surface area contributed by atoms with Crippen molar-refractivity contribution in [2.24, 2.45) is 7.05 Å². The molecule has 0 unspecified atom stereocenters. The number of unbranched alkanes of at least 4 members (excludes halogenated alkanes) is 1. The van der Waals surface area contributed by atoms with E-state index in [1.165, 1.54) is 0 Å². The van der Waals surface area contributed by atoms with Crippen molar-refractivity contribution < 1.29 is 14.7 Å². The number of hydrogen-bond acceptors (Lipinski definition) is 4. The molecular weight excluding hydrogens is 272 g/mol. The van der Waals surface area contributed by atoms with E-state index < -0.39 is 17.9 Å². The fourth-order valence-corrected chi connectivity index (χ4v) is 2.09. The molecule has 0 spiro atoms. The Balaban J connectivity index is 2.14. The van der Waals surface area contributed by atoms with Crippen LogP contribution in [0.2, 0.25) is 0 Å². The van der Waals surface area contributed by atoms with Gasteiger partial charge in [-0.2, -0.15) is 0 Å². The molecule has 0 fully saturated rings. The summed E-state index contributed by atoms with van der Waals surface area (Å²) in [5.41, 5.74) is 1.80. The van der Waals surface area contributed by atoms with Crippen LogP contribution in [-0.2, 0) is 11.8 Å². The first-order chi connectivity index (χ1) is 10.0. The minimum Gasteiger partial charge on any atom is -0.480 e. The number of nitrogens with zero attached hydrogens (tertiary/aromatic N) is 3. The first kappa shape index (κ1) is 15.0. The highest BCUT2D eigenvalue weighted by Gasteiger charge is 2.20. The molecule has 7 nitrogen and oxygen atoms in total. The van der Waals surface area contributed by atoms with E-state index in [0.717, 1.165) is 18.4 Å². The van der Waals surface area contributed by atoms with E-state index in [9.17, 15) is 9.59 Å². The highest BCUT2D eigenvalue weighted by Crippen LogP contribution is 2.13. The summed E-state index contributed by atoms with van der Waals surface area (Å²) in [4.78, 5) is 23.3. The second-order valence-corrected chi connectivity index (χ2v) is 4.92. The van der Waals surface area contributed by atoms with Gasteiger partial charge in [0, 0.05) is 12.6 Å². The van der Waals surface area contributed by atoms with E-state index in [0.29, 0.717) is 17.5 Å². The van der Waals surface area contributed by atoms with Gasteiger partial charge in [-0.15, -0.1) is 5.10 Å². The van der Waals surface area contributed by atoms with Crippen molar-refractivity contribution in [2.75, 3.05) is 0 Å². The normalized spacial score (nSPS) is 12.3. The van der Waals surface area contributed by atoms with E-state index in [2.05, 4.69) is 15.6 Å². The zero-order valence-electron chi connectivity index (χ0n) is 12.0. The molecule has 1 amide bonds. The van der Waals surface area contributed by atoms with Crippen LogP contribution in [-0.4, -0.2) is 38.0 Å². The maximum Gasteiger partial charge on any atom is 0.326 e. The molecule has 2 rings (SSSR count). The van der Waals surface area contributed by atoms with Gasteiger partial charge in [-0.25, -0.2) is 9.48 Å². The molecule has 1 aromatic heterocycles. The molecule has 112 valence electrons. The second-order valence-electron chi connectivity index (χ2n) is 4.92. The molecule has 0 aliphatic carbocycles. The highest BCUT2D eigenvalue weighted by molar-refractivity contribution is 5.99. The minimum absolute atomic E-state index is 0.380. The second kappa shape index (κ2) is 6.34. The van der Waals surface area contributed by atoms with Gasteiger partial charge in [0.1, 0.15) is 11.6 Å². The molecule has 0 radical (unpaired) electrons. The Bertz CT molecular complexity index is 665. The van der Waals surface area contributed by atoms with Crippen molar-refractivity contribution in [1.29, 1.82) is 0 Å². The zero-order valence-corrected chi connectivity index (χ0v) is 12.0. The van der Waals surface area contributed by atoms with Crippen LogP contribution in [0.5, 0.6) is 0 Å². The number of aliphatic carboxylic acids is 1. The van der Waals surface area contributed by atoms with Gasteiger partial charge in [0.25, 0.3) is 5.91 Å². The number of carbonyl (C=O) groups is 2. The lowest BCUT2D eigenvalue weighted by Crippen LogP contribution is -2.40. The van der Waals surface area contributed by atoms with Crippen molar-refractivity contribution in [3.63, 3.8) is 0 Å². The topological polar surface area (TPSA) is 97.1 Å². The van der Waals surface area contributed by atoms with Crippen molar-refractivity contribution in [2.45, 2.75) is 32.2 Å². The molecular formula is C14H18N4O3. The molecule has 1 heterocycles. The Morgan fingerprint density at radius 2 is 2.19 bits per heavy atom. The Hall–Kier alpha value is -2.44. The van der Waals surface area contributed by atoms with Crippen LogP contribution < -0.4 is 5.32 Å². The largest absolute Gasteiger partial charge is 0.480 e. The fraction of sp³-hybridized carbons (Fsp3) is 0.429. The number of amides is 1. The van der Waals surface area contributed by atoms with Gasteiger partial charge in [-0.3, -0.25) is 4.79 Å². The third kappa shape index (κ3) is 3.36. The van der Waals surface area contributed by atoms with Crippen molar-refractivity contribution in [3.05, 3.63) is 23.8 Å². The minimum atomic E-state index is -1.02. The van der Waals surface area contributed by atoms with E-state index in [1.54, 1.807) is 29.9 Å². The molecule has 1 atom stereocenters. The Kier molecular flexibility index (Phi) is 4.52. The van der Waals surface area contributed by atoms with E-state index in [1.807, 2.05) is 6.92 Å². The molecule has 0 bridgehead atoms. The lowest BCUT2D eigenvalue weighted by Gasteiger charge is -2.14. The molecule has 1 aromatic carbocycles. The van der Waals surface area contributed by atoms with Gasteiger partial charge in [0.2, 0.25) is 0 Å². The Morgan fingerprint density at radius 3 is 2.86 bits per heavy atom. The third-order valence-corrected chi connectivity index (χ3v) is 3.32. The van der Waals surface area contributed by atoms with Crippen LogP contribution in [0.15, 0.2) is 18.2 Å². The monoisotopic (exact) mass is 290 g/mol. The van der Waals surface area contributed by atoms with Crippen LogP contribution in [0.1, 0.15) is 36.5 Å². The van der Waals surface area contributed by atoms with Gasteiger partial charge >= 0.3 is 5.97 Å². The quantitative estimate of drug-likeness (QED) is 0.836. The van der Waals surface area contributed by atoms with E-state index in [-0.39, 0.29) is 0 Å². The summed E-state index contributed by atoms with van der Waals surface area (Å²) in [6.45, 7) is 1.97. The first-order valence-corrected chi connectivity index (χ1v) is 6.86. The summed E-state index contributed by atoms with van der Waals surface area (Å²) < 4.78 is 1.61. The molecule has 2 N–H and O–H groups in total. The summed E-state index contributed by atoms with van der Waals surface area (Å²) >= 11 is 0. The standard InChI is InChI=1S/C14H18N4O3/c1-3-4-5-10(14(20)21)15-13(19)9-6-7-12-11(8-9)16-17-18(12)2/h6-8,10H,3-5H2,1-2H3,(H,15,19)(H,20,21)/t10-/m0/s1. The number of aromatic nitrogens is 3. The van der Waals surface area contributed by atoms with E-state index in [4.69, 9.17) is 5.11 Å². The molecule has 0 aliphatic heterocycles. The number of benzene rings is 1. The number of carboxylic acids is 1. The SMILES string of the molecule is CCCC[C@H](NC(=O)c1ccc2c(c1)nnn2C)C(=O)O. The first-order valence-electron chi connectivity index (χ1n) is 6.86. The van der Waals surface area contributed by atoms with Gasteiger partial charge in [0.15, 0.2) is 0 Å². The predicted molar refractivity (Wildman–Crippen MR) is 76.9 cm³/mol. The predicted octanol–water partition coefficient (Wildman–Crippen LogP) is 1.34. The Labute approximate surface area is 121 Å². The number of nitrogens with one attached hydrogen (secondary N) is 1. The molecule has 0 saturated heterocycles. The van der Waals surface area contributed by atoms with Crippen LogP contribution in [0, 0.1) is 0 Å². The maximum atomic E-state index is 12.1. The van der Waals surface area contributed by atoms with Crippen molar-refractivity contribution in [3.8, 4) is 0 Å². The molecule has 7 heteroatoms. The fourth-order valence-electron chi connectivity index (χ4n) is 2.09. The van der Waals surface area contributed by atoms with Crippen molar-refractivity contribution >= 4 is 22.9 Å². The van der Waals surface area contributed by atoms with Crippen molar-refractivity contribution in [1.82, 2.24) is 20.3 Å². The number of hydrogen-bond donors (Lipinski definition) is 2. The van der Waals surface area contributed by atoms with Crippen LogP contribution in [0.25, 0.3) is 11.0 Å². The smallest absolute Gasteiger partial charge is 0.326 e. The average Bonchev–Trinajstić information content (AvgIpc) is 2.84. The van der Waals surface area contributed by atoms with E-state index >= 15 is 0 Å². The lowest BCUT2D eigenvalue weighted by molar-refractivity contribution is -0.139. The lowest BCUT2D eigenvalue weighted by atomic mass is 10.1. The maximum absolute atomic E-state index is 12.1. The number of aryl methyl sites for hydroxylation is 1. The molecule has 0 aliphatic rings. The van der Waals surface area contributed by atoms with Gasteiger partial charge in [0.05, 0.1) is 5.52 Å². The number of fused-ring (bicyclic) bond motifs is 1. The molecule has 21 heavy (non-hydrogen) atoms. The highest BCUT2D eigenvalue weighted by atomic mass is 16.4. The van der Waals surface area contributed by atoms with Gasteiger partial charge in [-0.05, 0) is 24.6 Å². The van der Waals surface area contributed by atoms with Crippen LogP contribution in [0.4, 0.5) is 0 Å². The summed E-state index contributed by atoms with van der Waals surface area (Å²) in [7, 11) is 1.76. The van der Waals surface area contributed by atoms with Gasteiger partial charge < -0.3 is 10.4 Å². The third-order valence-electron chi connectivity index (χ3n) is 3.32. The molecule has 0 saturated carbocycles. The van der Waals surface area contributed by atoms with Crippen LogP contribution in [0.3, 0.4) is 0 Å². The molecule has 2 aromatic rings. The Morgan fingerprint density at radius 1 is 1.43 bits per heavy atom. The summed E-state index contributed by atoms with van der Waals surface area (Å²) in [5.74, 6) is -1.43.